The molecule has 1 saturated heterocycles. The lowest BCUT2D eigenvalue weighted by molar-refractivity contribution is 0.449. The maximum absolute atomic E-state index is 4.74. The molecule has 0 saturated carbocycles. The molecule has 0 bridgehead atoms. The van der Waals surface area contributed by atoms with E-state index in [2.05, 4.69) is 30.2 Å². The maximum Gasteiger partial charge on any atom is 0.225 e. The molecule has 0 radical (unpaired) electrons. The van der Waals surface area contributed by atoms with Gasteiger partial charge in [0.25, 0.3) is 0 Å². The van der Waals surface area contributed by atoms with Gasteiger partial charge in [-0.15, -0.1) is 0 Å². The van der Waals surface area contributed by atoms with E-state index in [0.29, 0.717) is 11.6 Å². The minimum Gasteiger partial charge on any atom is -0.331 e. The number of piperidine rings is 1. The second-order valence-electron chi connectivity index (χ2n) is 6.22. The van der Waals surface area contributed by atoms with Crippen LogP contribution in [0.1, 0.15) is 36.8 Å². The summed E-state index contributed by atoms with van der Waals surface area (Å²) in [6, 6.07) is 3.80. The molecule has 1 fully saturated rings. The molecular formula is C18H20N8. The zero-order valence-corrected chi connectivity index (χ0v) is 14.6. The maximum atomic E-state index is 4.74. The standard InChI is InChI=1S/C18H20N8/c1-13-11-15(24-16-12-19-8-9-20-16)25-17(23-13)14-5-2-3-10-26(14)18-21-6-4-7-22-18/h4,6-9,11-12,14H,2-3,5,10H2,1H3,(H,20,23,24,25)/t14-/m0/s1. The summed E-state index contributed by atoms with van der Waals surface area (Å²) >= 11 is 0. The van der Waals surface area contributed by atoms with Gasteiger partial charge in [-0.3, -0.25) is 4.98 Å². The van der Waals surface area contributed by atoms with Gasteiger partial charge in [-0.1, -0.05) is 0 Å². The smallest absolute Gasteiger partial charge is 0.225 e. The Morgan fingerprint density at radius 3 is 2.69 bits per heavy atom. The largest absolute Gasteiger partial charge is 0.331 e. The van der Waals surface area contributed by atoms with E-state index in [1.165, 1.54) is 0 Å². The lowest BCUT2D eigenvalue weighted by Gasteiger charge is -2.34. The van der Waals surface area contributed by atoms with Crippen LogP contribution in [0.4, 0.5) is 17.6 Å². The van der Waals surface area contributed by atoms with Gasteiger partial charge in [0.05, 0.1) is 12.2 Å². The van der Waals surface area contributed by atoms with Crippen LogP contribution >= 0.6 is 0 Å². The van der Waals surface area contributed by atoms with Crippen molar-refractivity contribution in [1.82, 2.24) is 29.9 Å². The Kier molecular flexibility index (Phi) is 4.63. The molecule has 1 aliphatic heterocycles. The Morgan fingerprint density at radius 2 is 1.88 bits per heavy atom. The minimum absolute atomic E-state index is 0.0634. The summed E-state index contributed by atoms with van der Waals surface area (Å²) in [7, 11) is 0. The van der Waals surface area contributed by atoms with Crippen LogP contribution in [0.5, 0.6) is 0 Å². The van der Waals surface area contributed by atoms with Crippen LogP contribution in [0.3, 0.4) is 0 Å². The molecule has 0 unspecified atom stereocenters. The lowest BCUT2D eigenvalue weighted by Crippen LogP contribution is -2.35. The third kappa shape index (κ3) is 3.58. The monoisotopic (exact) mass is 348 g/mol. The molecule has 1 atom stereocenters. The summed E-state index contributed by atoms with van der Waals surface area (Å²) in [4.78, 5) is 28.8. The number of hydrogen-bond acceptors (Lipinski definition) is 8. The van der Waals surface area contributed by atoms with E-state index in [-0.39, 0.29) is 6.04 Å². The predicted molar refractivity (Wildman–Crippen MR) is 98.1 cm³/mol. The zero-order chi connectivity index (χ0) is 17.8. The van der Waals surface area contributed by atoms with E-state index in [1.807, 2.05) is 19.1 Å². The van der Waals surface area contributed by atoms with E-state index in [4.69, 9.17) is 9.97 Å². The van der Waals surface area contributed by atoms with E-state index < -0.39 is 0 Å². The van der Waals surface area contributed by atoms with Crippen LogP contribution in [0.2, 0.25) is 0 Å². The molecule has 1 N–H and O–H groups in total. The second-order valence-corrected chi connectivity index (χ2v) is 6.22. The fraction of sp³-hybridized carbons (Fsp3) is 0.333. The summed E-state index contributed by atoms with van der Waals surface area (Å²) in [6.45, 7) is 2.87. The number of nitrogens with zero attached hydrogens (tertiary/aromatic N) is 7. The number of rotatable bonds is 4. The molecule has 8 heteroatoms. The van der Waals surface area contributed by atoms with E-state index in [1.54, 1.807) is 31.0 Å². The van der Waals surface area contributed by atoms with Gasteiger partial charge in [0.2, 0.25) is 5.95 Å². The first-order valence-electron chi connectivity index (χ1n) is 8.72. The van der Waals surface area contributed by atoms with E-state index >= 15 is 0 Å². The molecule has 0 aromatic carbocycles. The number of aryl methyl sites for hydroxylation is 1. The first-order valence-corrected chi connectivity index (χ1v) is 8.72. The van der Waals surface area contributed by atoms with Gasteiger partial charge in [-0.25, -0.2) is 24.9 Å². The molecule has 0 amide bonds. The average molecular weight is 348 g/mol. The molecule has 0 spiro atoms. The molecule has 4 heterocycles. The van der Waals surface area contributed by atoms with Gasteiger partial charge in [0, 0.05) is 43.1 Å². The highest BCUT2D eigenvalue weighted by molar-refractivity contribution is 5.50. The zero-order valence-electron chi connectivity index (χ0n) is 14.6. The lowest BCUT2D eigenvalue weighted by atomic mass is 10.0. The van der Waals surface area contributed by atoms with Crippen LogP contribution in [0.25, 0.3) is 0 Å². The fourth-order valence-electron chi connectivity index (χ4n) is 3.18. The van der Waals surface area contributed by atoms with Crippen molar-refractivity contribution in [3.05, 3.63) is 54.6 Å². The topological polar surface area (TPSA) is 92.6 Å². The van der Waals surface area contributed by atoms with Gasteiger partial charge >= 0.3 is 0 Å². The van der Waals surface area contributed by atoms with Crippen LogP contribution < -0.4 is 10.2 Å². The van der Waals surface area contributed by atoms with Crippen molar-refractivity contribution >= 4 is 17.6 Å². The first kappa shape index (κ1) is 16.3. The van der Waals surface area contributed by atoms with Gasteiger partial charge in [-0.2, -0.15) is 0 Å². The Morgan fingerprint density at radius 1 is 1.00 bits per heavy atom. The van der Waals surface area contributed by atoms with E-state index in [0.717, 1.165) is 43.3 Å². The van der Waals surface area contributed by atoms with Crippen molar-refractivity contribution in [3.8, 4) is 0 Å². The number of aromatic nitrogens is 6. The summed E-state index contributed by atoms with van der Waals surface area (Å²) in [6.07, 6.45) is 11.7. The molecule has 1 aliphatic rings. The summed E-state index contributed by atoms with van der Waals surface area (Å²) in [5, 5.41) is 3.20. The molecule has 3 aromatic heterocycles. The second kappa shape index (κ2) is 7.38. The third-order valence-electron chi connectivity index (χ3n) is 4.30. The van der Waals surface area contributed by atoms with Crippen LogP contribution in [0, 0.1) is 6.92 Å². The number of nitrogens with one attached hydrogen (secondary N) is 1. The van der Waals surface area contributed by atoms with Gasteiger partial charge in [0.15, 0.2) is 5.82 Å². The molecule has 3 aromatic rings. The van der Waals surface area contributed by atoms with Crippen LogP contribution in [0.15, 0.2) is 43.1 Å². The fourth-order valence-corrected chi connectivity index (χ4v) is 3.18. The average Bonchev–Trinajstić information content (AvgIpc) is 2.69. The van der Waals surface area contributed by atoms with Crippen molar-refractivity contribution < 1.29 is 0 Å². The molecular weight excluding hydrogens is 328 g/mol. The van der Waals surface area contributed by atoms with Crippen molar-refractivity contribution in [2.45, 2.75) is 32.2 Å². The first-order chi connectivity index (χ1) is 12.8. The Bertz CT molecular complexity index is 856. The predicted octanol–water partition coefficient (Wildman–Crippen LogP) is 2.84. The van der Waals surface area contributed by atoms with Crippen LogP contribution in [-0.4, -0.2) is 36.4 Å². The normalized spacial score (nSPS) is 17.1. The SMILES string of the molecule is Cc1cc(Nc2cnccn2)nc([C@@H]2CCCCN2c2ncccn2)n1. The van der Waals surface area contributed by atoms with Crippen molar-refractivity contribution in [1.29, 1.82) is 0 Å². The van der Waals surface area contributed by atoms with Gasteiger partial charge < -0.3 is 10.2 Å². The Balaban J connectivity index is 1.65. The molecule has 26 heavy (non-hydrogen) atoms. The van der Waals surface area contributed by atoms with Crippen molar-refractivity contribution in [2.24, 2.45) is 0 Å². The quantitative estimate of drug-likeness (QED) is 0.769. The summed E-state index contributed by atoms with van der Waals surface area (Å²) < 4.78 is 0. The number of anilines is 3. The van der Waals surface area contributed by atoms with Gasteiger partial charge in [0.1, 0.15) is 11.6 Å². The highest BCUT2D eigenvalue weighted by Gasteiger charge is 2.28. The third-order valence-corrected chi connectivity index (χ3v) is 4.30. The van der Waals surface area contributed by atoms with E-state index in [9.17, 15) is 0 Å². The molecule has 4 rings (SSSR count). The van der Waals surface area contributed by atoms with Gasteiger partial charge in [-0.05, 0) is 32.3 Å². The summed E-state index contributed by atoms with van der Waals surface area (Å²) in [5.74, 6) is 2.88. The summed E-state index contributed by atoms with van der Waals surface area (Å²) in [5.41, 5.74) is 0.904. The number of hydrogen-bond donors (Lipinski definition) is 1. The molecule has 8 nitrogen and oxygen atoms in total. The minimum atomic E-state index is 0.0634. The Labute approximate surface area is 151 Å². The van der Waals surface area contributed by atoms with Crippen molar-refractivity contribution in [3.63, 3.8) is 0 Å². The molecule has 132 valence electrons. The molecule has 0 aliphatic carbocycles. The highest BCUT2D eigenvalue weighted by atomic mass is 15.3. The van der Waals surface area contributed by atoms with Crippen molar-refractivity contribution in [2.75, 3.05) is 16.8 Å². The highest BCUT2D eigenvalue weighted by Crippen LogP contribution is 2.32. The van der Waals surface area contributed by atoms with Crippen LogP contribution in [-0.2, 0) is 0 Å². The Hall–Kier alpha value is -3.16.